The molecule has 1 aromatic carbocycles. The number of aromatic nitrogens is 2. The molecule has 3 N–H and O–H groups in total. The van der Waals surface area contributed by atoms with Gasteiger partial charge in [0.05, 0.1) is 5.02 Å². The van der Waals surface area contributed by atoms with Gasteiger partial charge in [-0.25, -0.2) is 18.2 Å². The van der Waals surface area contributed by atoms with Crippen molar-refractivity contribution in [1.29, 1.82) is 0 Å². The summed E-state index contributed by atoms with van der Waals surface area (Å²) < 4.78 is 38.6. The highest BCUT2D eigenvalue weighted by molar-refractivity contribution is 6.30. The molecule has 0 unspecified atom stereocenters. The molecule has 2 aromatic rings. The molecule has 134 valence electrons. The van der Waals surface area contributed by atoms with E-state index < -0.39 is 18.1 Å². The number of hydrogen-bond acceptors (Lipinski definition) is 3. The average Bonchev–Trinajstić information content (AvgIpc) is 2.98. The van der Waals surface area contributed by atoms with Gasteiger partial charge in [-0.2, -0.15) is 5.10 Å². The van der Waals surface area contributed by atoms with Crippen molar-refractivity contribution in [2.24, 2.45) is 4.99 Å². The Morgan fingerprint density at radius 2 is 2.04 bits per heavy atom. The van der Waals surface area contributed by atoms with Crippen LogP contribution in [0.4, 0.5) is 19.0 Å². The average molecular weight is 374 g/mol. The molecule has 0 radical (unpaired) electrons. The summed E-state index contributed by atoms with van der Waals surface area (Å²) in [6.07, 6.45) is -2.71. The molecule has 0 saturated carbocycles. The molecule has 0 bridgehead atoms. The van der Waals surface area contributed by atoms with E-state index in [0.717, 1.165) is 12.1 Å². The Bertz CT molecular complexity index is 791. The molecule has 25 heavy (non-hydrogen) atoms. The van der Waals surface area contributed by atoms with E-state index in [2.05, 4.69) is 25.8 Å². The van der Waals surface area contributed by atoms with Gasteiger partial charge in [0.25, 0.3) is 12.3 Å². The van der Waals surface area contributed by atoms with E-state index in [9.17, 15) is 18.0 Å². The normalized spacial score (nSPS) is 11.9. The van der Waals surface area contributed by atoms with E-state index >= 15 is 0 Å². The standard InChI is InChI=1S/C15H15ClF3N5O/c1-7(2)20-15(21-12-6-11(13(18)19)23-24-12)22-14(25)8-3-4-9(16)10(17)5-8/h3-7,13H,1-2H3,(H3,20,21,22,23,24,25). The van der Waals surface area contributed by atoms with Crippen molar-refractivity contribution in [3.05, 3.63) is 46.4 Å². The zero-order valence-corrected chi connectivity index (χ0v) is 14.0. The summed E-state index contributed by atoms with van der Waals surface area (Å²) in [4.78, 5) is 16.4. The molecule has 2 rings (SSSR count). The molecule has 0 spiro atoms. The number of hydrogen-bond donors (Lipinski definition) is 3. The second-order valence-corrected chi connectivity index (χ2v) is 5.70. The van der Waals surface area contributed by atoms with Gasteiger partial charge in [-0.05, 0) is 32.0 Å². The third kappa shape index (κ3) is 5.21. The minimum absolute atomic E-state index is 0.0114. The lowest BCUT2D eigenvalue weighted by Gasteiger charge is -2.11. The van der Waals surface area contributed by atoms with Gasteiger partial charge < -0.3 is 5.32 Å². The number of nitrogens with zero attached hydrogens (tertiary/aromatic N) is 2. The number of halogens is 4. The number of rotatable bonds is 4. The molecule has 6 nitrogen and oxygen atoms in total. The van der Waals surface area contributed by atoms with Crippen molar-refractivity contribution in [2.75, 3.05) is 5.32 Å². The molecule has 1 aromatic heterocycles. The van der Waals surface area contributed by atoms with E-state index in [-0.39, 0.29) is 34.1 Å². The van der Waals surface area contributed by atoms with Crippen molar-refractivity contribution in [2.45, 2.75) is 26.3 Å². The predicted molar refractivity (Wildman–Crippen MR) is 88.6 cm³/mol. The zero-order valence-electron chi connectivity index (χ0n) is 13.3. The molecule has 1 heterocycles. The summed E-state index contributed by atoms with van der Waals surface area (Å²) in [6, 6.07) is 4.46. The fraction of sp³-hybridized carbons (Fsp3) is 0.267. The quantitative estimate of drug-likeness (QED) is 0.564. The van der Waals surface area contributed by atoms with Crippen LogP contribution in [0.15, 0.2) is 29.3 Å². The summed E-state index contributed by atoms with van der Waals surface area (Å²) in [5, 5.41) is 10.8. The third-order valence-electron chi connectivity index (χ3n) is 2.88. The van der Waals surface area contributed by atoms with Crippen LogP contribution in [0.2, 0.25) is 5.02 Å². The van der Waals surface area contributed by atoms with E-state index in [0.29, 0.717) is 0 Å². The third-order valence-corrected chi connectivity index (χ3v) is 3.19. The monoisotopic (exact) mass is 373 g/mol. The van der Waals surface area contributed by atoms with Crippen molar-refractivity contribution in [3.63, 3.8) is 0 Å². The topological polar surface area (TPSA) is 82.2 Å². The summed E-state index contributed by atoms with van der Waals surface area (Å²) in [5.41, 5.74) is -0.354. The smallest absolute Gasteiger partial charge is 0.279 e. The minimum atomic E-state index is -2.71. The second kappa shape index (κ2) is 8.02. The first-order chi connectivity index (χ1) is 11.8. The van der Waals surface area contributed by atoms with Crippen LogP contribution in [0.3, 0.4) is 0 Å². The van der Waals surface area contributed by atoms with Crippen LogP contribution >= 0.6 is 11.6 Å². The van der Waals surface area contributed by atoms with Crippen LogP contribution in [0.1, 0.15) is 36.3 Å². The number of carbonyl (C=O) groups is 1. The molecule has 0 aliphatic rings. The number of H-pyrrole nitrogens is 1. The van der Waals surface area contributed by atoms with E-state index in [1.807, 2.05) is 0 Å². The molecule has 0 aliphatic heterocycles. The Morgan fingerprint density at radius 3 is 2.60 bits per heavy atom. The van der Waals surface area contributed by atoms with Crippen LogP contribution < -0.4 is 10.6 Å². The Labute approximate surface area is 146 Å². The SMILES string of the molecule is CC(C)N=C(NC(=O)c1ccc(Cl)c(F)c1)Nc1cc(C(F)F)[nH]n1. The Balaban J connectivity index is 2.16. The molecule has 1 amide bonds. The van der Waals surface area contributed by atoms with E-state index in [4.69, 9.17) is 11.6 Å². The van der Waals surface area contributed by atoms with Gasteiger partial charge >= 0.3 is 0 Å². The molecular weight excluding hydrogens is 359 g/mol. The van der Waals surface area contributed by atoms with Gasteiger partial charge in [-0.15, -0.1) is 0 Å². The molecule has 0 saturated heterocycles. The number of anilines is 1. The van der Waals surface area contributed by atoms with E-state index in [1.165, 1.54) is 12.1 Å². The van der Waals surface area contributed by atoms with Crippen molar-refractivity contribution >= 4 is 29.3 Å². The number of benzene rings is 1. The Morgan fingerprint density at radius 1 is 1.32 bits per heavy atom. The lowest BCUT2D eigenvalue weighted by atomic mass is 10.2. The highest BCUT2D eigenvalue weighted by Crippen LogP contribution is 2.19. The van der Waals surface area contributed by atoms with Crippen molar-refractivity contribution in [3.8, 4) is 0 Å². The van der Waals surface area contributed by atoms with Gasteiger partial charge in [-0.3, -0.25) is 15.2 Å². The Kier molecular flexibility index (Phi) is 6.02. The fourth-order valence-corrected chi connectivity index (χ4v) is 1.92. The molecular formula is C15H15ClF3N5O. The van der Waals surface area contributed by atoms with Crippen LogP contribution in [-0.2, 0) is 0 Å². The van der Waals surface area contributed by atoms with Crippen LogP contribution in [-0.4, -0.2) is 28.1 Å². The van der Waals surface area contributed by atoms with Crippen LogP contribution in [0.5, 0.6) is 0 Å². The maximum absolute atomic E-state index is 13.5. The number of nitrogens with one attached hydrogen (secondary N) is 3. The summed E-state index contributed by atoms with van der Waals surface area (Å²) in [7, 11) is 0. The van der Waals surface area contributed by atoms with Crippen molar-refractivity contribution < 1.29 is 18.0 Å². The molecule has 0 atom stereocenters. The fourth-order valence-electron chi connectivity index (χ4n) is 1.80. The van der Waals surface area contributed by atoms with Gasteiger partial charge in [0.2, 0.25) is 5.96 Å². The number of alkyl halides is 2. The lowest BCUT2D eigenvalue weighted by Crippen LogP contribution is -2.36. The first-order valence-corrected chi connectivity index (χ1v) is 7.58. The predicted octanol–water partition coefficient (Wildman–Crippen LogP) is 3.75. The Hall–Kier alpha value is -2.55. The largest absolute Gasteiger partial charge is 0.309 e. The summed E-state index contributed by atoms with van der Waals surface area (Å²) >= 11 is 5.58. The highest BCUT2D eigenvalue weighted by Gasteiger charge is 2.15. The maximum atomic E-state index is 13.5. The van der Waals surface area contributed by atoms with Crippen LogP contribution in [0, 0.1) is 5.82 Å². The number of carbonyl (C=O) groups excluding carboxylic acids is 1. The number of aliphatic imine (C=N–C) groups is 1. The number of guanidine groups is 1. The van der Waals surface area contributed by atoms with Gasteiger partial charge in [0, 0.05) is 17.7 Å². The maximum Gasteiger partial charge on any atom is 0.279 e. The zero-order chi connectivity index (χ0) is 18.6. The summed E-state index contributed by atoms with van der Waals surface area (Å²) in [6.45, 7) is 3.51. The minimum Gasteiger partial charge on any atom is -0.309 e. The van der Waals surface area contributed by atoms with Gasteiger partial charge in [-0.1, -0.05) is 11.6 Å². The second-order valence-electron chi connectivity index (χ2n) is 5.29. The molecule has 10 heteroatoms. The van der Waals surface area contributed by atoms with E-state index in [1.54, 1.807) is 13.8 Å². The number of aromatic amines is 1. The molecule has 0 fully saturated rings. The first-order valence-electron chi connectivity index (χ1n) is 7.21. The first kappa shape index (κ1) is 18.8. The highest BCUT2D eigenvalue weighted by atomic mass is 35.5. The van der Waals surface area contributed by atoms with Gasteiger partial charge in [0.15, 0.2) is 5.82 Å². The molecule has 0 aliphatic carbocycles. The summed E-state index contributed by atoms with van der Waals surface area (Å²) in [5.74, 6) is -1.34. The lowest BCUT2D eigenvalue weighted by molar-refractivity contribution is 0.0976. The van der Waals surface area contributed by atoms with Gasteiger partial charge in [0.1, 0.15) is 11.5 Å². The van der Waals surface area contributed by atoms with Crippen LogP contribution in [0.25, 0.3) is 0 Å². The number of amides is 1. The van der Waals surface area contributed by atoms with Crippen molar-refractivity contribution in [1.82, 2.24) is 15.5 Å².